The van der Waals surface area contributed by atoms with Gasteiger partial charge in [-0.15, -0.1) is 0 Å². The second-order valence-electron chi connectivity index (χ2n) is 6.93. The largest absolute Gasteiger partial charge is 0.324 e. The molecule has 2 aromatic rings. The number of aryl methyl sites for hydroxylation is 1. The summed E-state index contributed by atoms with van der Waals surface area (Å²) in [6.07, 6.45) is 1.09. The second-order valence-corrected chi connectivity index (χ2v) is 11.2. The molecule has 30 heavy (non-hydrogen) atoms. The van der Waals surface area contributed by atoms with Gasteiger partial charge in [0.05, 0.1) is 9.79 Å². The van der Waals surface area contributed by atoms with Gasteiger partial charge in [-0.2, -0.15) is 0 Å². The molecule has 1 N–H and O–H groups in total. The van der Waals surface area contributed by atoms with Crippen LogP contribution in [0.2, 0.25) is 0 Å². The molecule has 0 fully saturated rings. The molecule has 0 saturated heterocycles. The Kier molecular flexibility index (Phi) is 6.87. The molecule has 1 aromatic heterocycles. The van der Waals surface area contributed by atoms with Crippen molar-refractivity contribution in [3.63, 3.8) is 0 Å². The lowest BCUT2D eigenvalue weighted by atomic mass is 10.2. The number of hydrogen-bond acceptors (Lipinski definition) is 6. The van der Waals surface area contributed by atoms with Gasteiger partial charge in [0.2, 0.25) is 26.0 Å². The maximum Gasteiger partial charge on any atom is 0.251 e. The number of carbonyl (C=O) groups is 1. The lowest BCUT2D eigenvalue weighted by Gasteiger charge is -2.15. The molecule has 2 rings (SSSR count). The second kappa shape index (κ2) is 8.68. The number of nitrogens with one attached hydrogen (secondary N) is 1. The maximum absolute atomic E-state index is 12.4. The van der Waals surface area contributed by atoms with Crippen molar-refractivity contribution in [3.8, 4) is 0 Å². The quantitative estimate of drug-likeness (QED) is 0.639. The minimum atomic E-state index is -3.78. The van der Waals surface area contributed by atoms with E-state index in [-0.39, 0.29) is 15.5 Å². The predicted molar refractivity (Wildman–Crippen MR) is 112 cm³/mol. The van der Waals surface area contributed by atoms with Crippen molar-refractivity contribution < 1.29 is 21.6 Å². The number of carbonyl (C=O) groups excluding carboxylic acids is 1. The van der Waals surface area contributed by atoms with Gasteiger partial charge in [-0.3, -0.25) is 9.59 Å². The van der Waals surface area contributed by atoms with E-state index < -0.39 is 38.1 Å². The van der Waals surface area contributed by atoms with E-state index in [1.165, 1.54) is 46.4 Å². The molecule has 0 spiro atoms. The smallest absolute Gasteiger partial charge is 0.251 e. The lowest BCUT2D eigenvalue weighted by molar-refractivity contribution is -0.116. The summed E-state index contributed by atoms with van der Waals surface area (Å²) in [5, 5.41) is 2.54. The summed E-state index contributed by atoms with van der Waals surface area (Å²) in [6, 6.07) is 6.67. The summed E-state index contributed by atoms with van der Waals surface area (Å²) < 4.78 is 52.4. The molecule has 0 radical (unpaired) electrons. The molecule has 164 valence electrons. The van der Waals surface area contributed by atoms with E-state index in [9.17, 15) is 26.4 Å². The van der Waals surface area contributed by atoms with Crippen LogP contribution in [0.5, 0.6) is 0 Å². The Labute approximate surface area is 175 Å². The Morgan fingerprint density at radius 2 is 1.57 bits per heavy atom. The molecule has 0 aliphatic heterocycles. The molecule has 10 nitrogen and oxygen atoms in total. The number of benzene rings is 1. The Balaban J connectivity index is 2.30. The van der Waals surface area contributed by atoms with Crippen molar-refractivity contribution in [2.45, 2.75) is 23.3 Å². The van der Waals surface area contributed by atoms with Crippen molar-refractivity contribution in [1.29, 1.82) is 0 Å². The van der Waals surface area contributed by atoms with Crippen LogP contribution in [-0.2, 0) is 31.4 Å². The molecule has 0 bridgehead atoms. The molecule has 12 heteroatoms. The molecule has 1 amide bonds. The molecule has 1 heterocycles. The van der Waals surface area contributed by atoms with E-state index in [1.807, 2.05) is 0 Å². The van der Waals surface area contributed by atoms with Gasteiger partial charge in [0.25, 0.3) is 5.56 Å². The van der Waals surface area contributed by atoms with Crippen molar-refractivity contribution in [2.24, 2.45) is 0 Å². The highest BCUT2D eigenvalue weighted by Gasteiger charge is 2.21. The van der Waals surface area contributed by atoms with Crippen LogP contribution in [0.25, 0.3) is 0 Å². The van der Waals surface area contributed by atoms with Crippen LogP contribution in [0.3, 0.4) is 0 Å². The molecule has 0 unspecified atom stereocenters. The van der Waals surface area contributed by atoms with Crippen LogP contribution >= 0.6 is 0 Å². The normalized spacial score (nSPS) is 12.4. The highest BCUT2D eigenvalue weighted by Crippen LogP contribution is 2.22. The molecule has 1 aromatic carbocycles. The fourth-order valence-corrected chi connectivity index (χ4v) is 4.57. The summed E-state index contributed by atoms with van der Waals surface area (Å²) in [6.45, 7) is 1.19. The van der Waals surface area contributed by atoms with E-state index >= 15 is 0 Å². The molecule has 0 aliphatic rings. The van der Waals surface area contributed by atoms with Gasteiger partial charge >= 0.3 is 0 Å². The van der Waals surface area contributed by atoms with Gasteiger partial charge in [-0.05, 0) is 30.7 Å². The fourth-order valence-electron chi connectivity index (χ4n) is 2.50. The number of sulfonamides is 2. The highest BCUT2D eigenvalue weighted by atomic mass is 32.2. The number of pyridine rings is 1. The van der Waals surface area contributed by atoms with Gasteiger partial charge in [-0.25, -0.2) is 25.4 Å². The molecular formula is C18H24N4O6S2. The maximum atomic E-state index is 12.4. The third-order valence-corrected chi connectivity index (χ3v) is 8.04. The van der Waals surface area contributed by atoms with Crippen LogP contribution in [0, 0.1) is 6.92 Å². The van der Waals surface area contributed by atoms with E-state index in [0.29, 0.717) is 5.56 Å². The SMILES string of the molecule is Cc1ccc(NC(=O)Cn2cc(S(=O)(=O)N(C)C)ccc2=O)cc1S(=O)(=O)N(C)C. The van der Waals surface area contributed by atoms with Crippen LogP contribution in [0.15, 0.2) is 51.1 Å². The number of rotatable bonds is 7. The molecular weight excluding hydrogens is 432 g/mol. The van der Waals surface area contributed by atoms with E-state index in [2.05, 4.69) is 5.32 Å². The zero-order chi connectivity index (χ0) is 22.9. The predicted octanol–water partition coefficient (Wildman–Crippen LogP) is 0.296. The van der Waals surface area contributed by atoms with Gasteiger partial charge < -0.3 is 9.88 Å². The number of amides is 1. The van der Waals surface area contributed by atoms with Crippen molar-refractivity contribution in [2.75, 3.05) is 33.5 Å². The fraction of sp³-hybridized carbons (Fsp3) is 0.333. The van der Waals surface area contributed by atoms with E-state index in [4.69, 9.17) is 0 Å². The van der Waals surface area contributed by atoms with Crippen LogP contribution in [-0.4, -0.2) is 64.1 Å². The number of hydrogen-bond donors (Lipinski definition) is 1. The van der Waals surface area contributed by atoms with Crippen LogP contribution in [0.4, 0.5) is 5.69 Å². The van der Waals surface area contributed by atoms with Gasteiger partial charge in [-0.1, -0.05) is 6.07 Å². The summed E-state index contributed by atoms with van der Waals surface area (Å²) in [7, 11) is -1.96. The summed E-state index contributed by atoms with van der Waals surface area (Å²) in [4.78, 5) is 24.4. The molecule has 0 saturated carbocycles. The Morgan fingerprint density at radius 1 is 0.967 bits per heavy atom. The third kappa shape index (κ3) is 4.95. The number of aromatic nitrogens is 1. The minimum absolute atomic E-state index is 0.0431. The van der Waals surface area contributed by atoms with Crippen molar-refractivity contribution in [1.82, 2.24) is 13.2 Å². The summed E-state index contributed by atoms with van der Waals surface area (Å²) in [5.74, 6) is -0.617. The summed E-state index contributed by atoms with van der Waals surface area (Å²) in [5.41, 5.74) is 0.193. The van der Waals surface area contributed by atoms with Gasteiger partial charge in [0.1, 0.15) is 6.54 Å². The van der Waals surface area contributed by atoms with Gasteiger partial charge in [0.15, 0.2) is 0 Å². The highest BCUT2D eigenvalue weighted by molar-refractivity contribution is 7.89. The number of anilines is 1. The zero-order valence-corrected chi connectivity index (χ0v) is 18.9. The average Bonchev–Trinajstić information content (AvgIpc) is 2.64. The monoisotopic (exact) mass is 456 g/mol. The first-order valence-corrected chi connectivity index (χ1v) is 11.6. The van der Waals surface area contributed by atoms with E-state index in [0.717, 1.165) is 25.4 Å². The zero-order valence-electron chi connectivity index (χ0n) is 17.3. The Bertz CT molecular complexity index is 1230. The van der Waals surface area contributed by atoms with Gasteiger partial charge in [0, 0.05) is 46.1 Å². The third-order valence-electron chi connectivity index (χ3n) is 4.28. The van der Waals surface area contributed by atoms with Crippen molar-refractivity contribution in [3.05, 3.63) is 52.4 Å². The molecule has 0 aliphatic carbocycles. The van der Waals surface area contributed by atoms with Crippen LogP contribution < -0.4 is 10.9 Å². The minimum Gasteiger partial charge on any atom is -0.324 e. The first kappa shape index (κ1) is 23.7. The summed E-state index contributed by atoms with van der Waals surface area (Å²) >= 11 is 0. The Morgan fingerprint density at radius 3 is 2.13 bits per heavy atom. The van der Waals surface area contributed by atoms with Crippen LogP contribution in [0.1, 0.15) is 5.56 Å². The van der Waals surface area contributed by atoms with Crippen molar-refractivity contribution >= 4 is 31.6 Å². The Hall–Kier alpha value is -2.54. The standard InChI is InChI=1S/C18H24N4O6S2/c1-13-6-7-14(10-16(13)30(27,28)21(4)5)19-17(23)12-22-11-15(8-9-18(22)24)29(25,26)20(2)3/h6-11H,12H2,1-5H3,(H,19,23). The topological polar surface area (TPSA) is 126 Å². The molecule has 0 atom stereocenters. The first-order chi connectivity index (χ1) is 13.8. The number of nitrogens with zero attached hydrogens (tertiary/aromatic N) is 3. The lowest BCUT2D eigenvalue weighted by Crippen LogP contribution is -2.29. The first-order valence-electron chi connectivity index (χ1n) is 8.73. The average molecular weight is 457 g/mol. The van der Waals surface area contributed by atoms with E-state index in [1.54, 1.807) is 13.0 Å².